The van der Waals surface area contributed by atoms with E-state index in [1.807, 2.05) is 30.6 Å². The minimum absolute atomic E-state index is 0.0253. The van der Waals surface area contributed by atoms with Crippen molar-refractivity contribution in [3.63, 3.8) is 0 Å². The molecular formula is C24H27N5O3. The predicted octanol–water partition coefficient (Wildman–Crippen LogP) is 2.35. The number of rotatable bonds is 6. The first-order valence-electron chi connectivity index (χ1n) is 10.9. The second-order valence-electron chi connectivity index (χ2n) is 8.16. The highest BCUT2D eigenvalue weighted by atomic mass is 16.7. The molecule has 2 aliphatic heterocycles. The summed E-state index contributed by atoms with van der Waals surface area (Å²) in [5.74, 6) is 2.45. The lowest BCUT2D eigenvalue weighted by atomic mass is 10.2. The number of hydrogen-bond donors (Lipinski definition) is 1. The van der Waals surface area contributed by atoms with Crippen LogP contribution in [0.5, 0.6) is 11.5 Å². The van der Waals surface area contributed by atoms with Crippen molar-refractivity contribution in [2.75, 3.05) is 44.4 Å². The molecule has 8 heteroatoms. The highest BCUT2D eigenvalue weighted by Crippen LogP contribution is 2.32. The molecule has 2 aromatic carbocycles. The van der Waals surface area contributed by atoms with E-state index in [-0.39, 0.29) is 12.7 Å². The summed E-state index contributed by atoms with van der Waals surface area (Å²) < 4.78 is 12.8. The number of carbonyl (C=O) groups excluding carboxylic acids is 1. The third-order valence-electron chi connectivity index (χ3n) is 5.88. The molecule has 1 amide bonds. The molecular weight excluding hydrogens is 406 g/mol. The number of fused-ring (bicyclic) bond motifs is 1. The van der Waals surface area contributed by atoms with Gasteiger partial charge in [-0.1, -0.05) is 23.8 Å². The summed E-state index contributed by atoms with van der Waals surface area (Å²) in [4.78, 5) is 21.5. The molecule has 1 aromatic heterocycles. The summed E-state index contributed by atoms with van der Waals surface area (Å²) >= 11 is 0. The standard InChI is InChI=1S/C24H27N5O3/c1-18-2-5-20(6-3-18)29-9-8-25-24(29)28-12-10-27(11-13-28)16-23(30)26-15-19-4-7-21-22(14-19)32-17-31-21/h2-9,14H,10-13,15-17H2,1H3,(H,26,30). The number of anilines is 1. The first-order valence-corrected chi connectivity index (χ1v) is 10.9. The van der Waals surface area contributed by atoms with Gasteiger partial charge < -0.3 is 19.7 Å². The van der Waals surface area contributed by atoms with Gasteiger partial charge in [0.2, 0.25) is 18.6 Å². The van der Waals surface area contributed by atoms with Crippen LogP contribution >= 0.6 is 0 Å². The Morgan fingerprint density at radius 1 is 1.03 bits per heavy atom. The molecule has 3 heterocycles. The number of nitrogens with one attached hydrogen (secondary N) is 1. The maximum atomic E-state index is 12.5. The van der Waals surface area contributed by atoms with Gasteiger partial charge in [0.15, 0.2) is 11.5 Å². The van der Waals surface area contributed by atoms with Crippen molar-refractivity contribution in [1.29, 1.82) is 0 Å². The van der Waals surface area contributed by atoms with Crippen molar-refractivity contribution in [2.45, 2.75) is 13.5 Å². The van der Waals surface area contributed by atoms with Crippen LogP contribution in [0, 0.1) is 6.92 Å². The third-order valence-corrected chi connectivity index (χ3v) is 5.88. The van der Waals surface area contributed by atoms with Crippen LogP contribution in [0.4, 0.5) is 5.95 Å². The molecule has 0 radical (unpaired) electrons. The van der Waals surface area contributed by atoms with Crippen molar-refractivity contribution in [3.8, 4) is 17.2 Å². The minimum atomic E-state index is 0.0253. The molecule has 1 saturated heterocycles. The van der Waals surface area contributed by atoms with Gasteiger partial charge in [0.1, 0.15) is 0 Å². The molecule has 0 bridgehead atoms. The quantitative estimate of drug-likeness (QED) is 0.644. The highest BCUT2D eigenvalue weighted by molar-refractivity contribution is 5.78. The Hall–Kier alpha value is -3.52. The summed E-state index contributed by atoms with van der Waals surface area (Å²) in [6.07, 6.45) is 3.83. The normalized spacial score (nSPS) is 15.7. The van der Waals surface area contributed by atoms with Crippen LogP contribution in [-0.4, -0.2) is 59.9 Å². The van der Waals surface area contributed by atoms with Gasteiger partial charge in [0, 0.05) is 50.8 Å². The molecule has 5 rings (SSSR count). The van der Waals surface area contributed by atoms with Gasteiger partial charge in [-0.2, -0.15) is 0 Å². The molecule has 2 aliphatic rings. The van der Waals surface area contributed by atoms with Crippen LogP contribution in [0.3, 0.4) is 0 Å². The van der Waals surface area contributed by atoms with Crippen molar-refractivity contribution in [2.24, 2.45) is 0 Å². The minimum Gasteiger partial charge on any atom is -0.454 e. The van der Waals surface area contributed by atoms with Gasteiger partial charge >= 0.3 is 0 Å². The van der Waals surface area contributed by atoms with E-state index >= 15 is 0 Å². The molecule has 0 aliphatic carbocycles. The molecule has 0 saturated carbocycles. The molecule has 32 heavy (non-hydrogen) atoms. The Bertz CT molecular complexity index is 1090. The Kier molecular flexibility index (Phi) is 5.68. The molecule has 8 nitrogen and oxygen atoms in total. The number of ether oxygens (including phenoxy) is 2. The predicted molar refractivity (Wildman–Crippen MR) is 121 cm³/mol. The fourth-order valence-electron chi connectivity index (χ4n) is 4.05. The number of nitrogens with zero attached hydrogens (tertiary/aromatic N) is 4. The van der Waals surface area contributed by atoms with E-state index in [0.717, 1.165) is 54.9 Å². The Morgan fingerprint density at radius 2 is 1.81 bits per heavy atom. The second kappa shape index (κ2) is 8.92. The first kappa shape index (κ1) is 20.4. The van der Waals surface area contributed by atoms with Crippen molar-refractivity contribution >= 4 is 11.9 Å². The maximum absolute atomic E-state index is 12.5. The maximum Gasteiger partial charge on any atom is 0.234 e. The second-order valence-corrected chi connectivity index (χ2v) is 8.16. The van der Waals surface area contributed by atoms with Gasteiger partial charge in [0.05, 0.1) is 6.54 Å². The lowest BCUT2D eigenvalue weighted by Gasteiger charge is -2.35. The number of benzene rings is 2. The summed E-state index contributed by atoms with van der Waals surface area (Å²) in [6.45, 7) is 6.51. The van der Waals surface area contributed by atoms with Crippen LogP contribution in [0.15, 0.2) is 54.9 Å². The van der Waals surface area contributed by atoms with Crippen LogP contribution in [0.1, 0.15) is 11.1 Å². The lowest BCUT2D eigenvalue weighted by Crippen LogP contribution is -2.50. The Balaban J connectivity index is 1.12. The van der Waals surface area contributed by atoms with Crippen molar-refractivity contribution < 1.29 is 14.3 Å². The molecule has 0 unspecified atom stereocenters. The van der Waals surface area contributed by atoms with Crippen LogP contribution < -0.4 is 19.7 Å². The van der Waals surface area contributed by atoms with E-state index in [2.05, 4.69) is 55.9 Å². The zero-order chi connectivity index (χ0) is 21.9. The van der Waals surface area contributed by atoms with E-state index in [4.69, 9.17) is 9.47 Å². The monoisotopic (exact) mass is 433 g/mol. The third kappa shape index (κ3) is 4.40. The summed E-state index contributed by atoms with van der Waals surface area (Å²) in [5.41, 5.74) is 3.34. The molecule has 1 N–H and O–H groups in total. The van der Waals surface area contributed by atoms with Crippen molar-refractivity contribution in [3.05, 3.63) is 66.0 Å². The Morgan fingerprint density at radius 3 is 2.62 bits per heavy atom. The average molecular weight is 434 g/mol. The van der Waals surface area contributed by atoms with E-state index in [9.17, 15) is 4.79 Å². The van der Waals surface area contributed by atoms with E-state index < -0.39 is 0 Å². The van der Waals surface area contributed by atoms with Gasteiger partial charge in [-0.15, -0.1) is 0 Å². The van der Waals surface area contributed by atoms with Crippen LogP contribution in [-0.2, 0) is 11.3 Å². The van der Waals surface area contributed by atoms with Crippen molar-refractivity contribution in [1.82, 2.24) is 19.8 Å². The fraction of sp³-hybridized carbons (Fsp3) is 0.333. The van der Waals surface area contributed by atoms with Crippen LogP contribution in [0.25, 0.3) is 5.69 Å². The smallest absolute Gasteiger partial charge is 0.234 e. The van der Waals surface area contributed by atoms with E-state index in [1.54, 1.807) is 0 Å². The molecule has 0 atom stereocenters. The molecule has 3 aromatic rings. The molecule has 1 fully saturated rings. The first-order chi connectivity index (χ1) is 15.7. The van der Waals surface area contributed by atoms with Gasteiger partial charge in [-0.05, 0) is 36.8 Å². The zero-order valence-corrected chi connectivity index (χ0v) is 18.2. The largest absolute Gasteiger partial charge is 0.454 e. The van der Waals surface area contributed by atoms with E-state index in [0.29, 0.717) is 13.1 Å². The number of piperazine rings is 1. The number of aromatic nitrogens is 2. The number of aryl methyl sites for hydroxylation is 1. The van der Waals surface area contributed by atoms with Crippen LogP contribution in [0.2, 0.25) is 0 Å². The van der Waals surface area contributed by atoms with Gasteiger partial charge in [-0.3, -0.25) is 14.3 Å². The van der Waals surface area contributed by atoms with Gasteiger partial charge in [-0.25, -0.2) is 4.98 Å². The fourth-order valence-corrected chi connectivity index (χ4v) is 4.05. The lowest BCUT2D eigenvalue weighted by molar-refractivity contribution is -0.122. The Labute approximate surface area is 187 Å². The number of carbonyl (C=O) groups is 1. The molecule has 166 valence electrons. The summed E-state index contributed by atoms with van der Waals surface area (Å²) in [5, 5.41) is 3.00. The number of hydrogen-bond acceptors (Lipinski definition) is 6. The summed E-state index contributed by atoms with van der Waals surface area (Å²) in [7, 11) is 0. The van der Waals surface area contributed by atoms with E-state index in [1.165, 1.54) is 5.56 Å². The highest BCUT2D eigenvalue weighted by Gasteiger charge is 2.22. The topological polar surface area (TPSA) is 71.9 Å². The number of imidazole rings is 1. The number of amides is 1. The van der Waals surface area contributed by atoms with Gasteiger partial charge in [0.25, 0.3) is 0 Å². The summed E-state index contributed by atoms with van der Waals surface area (Å²) in [6, 6.07) is 14.2. The SMILES string of the molecule is Cc1ccc(-n2ccnc2N2CCN(CC(=O)NCc3ccc4c(c3)OCO4)CC2)cc1. The molecule has 0 spiro atoms. The average Bonchev–Trinajstić information content (AvgIpc) is 3.48. The zero-order valence-electron chi connectivity index (χ0n) is 18.2.